The molecule has 7 heteroatoms. The number of benzene rings is 3. The zero-order valence-corrected chi connectivity index (χ0v) is 22.0. The quantitative estimate of drug-likeness (QED) is 0.168. The minimum atomic E-state index is -0.275. The van der Waals surface area contributed by atoms with Crippen molar-refractivity contribution in [2.75, 3.05) is 0 Å². The Morgan fingerprint density at radius 2 is 1.59 bits per heavy atom. The fourth-order valence-electron chi connectivity index (χ4n) is 4.01. The third-order valence-corrected chi connectivity index (χ3v) is 7.24. The largest absolute Gasteiger partial charge is 0.352 e. The van der Waals surface area contributed by atoms with Gasteiger partial charge in [-0.3, -0.25) is 4.79 Å². The molecule has 0 fully saturated rings. The maximum absolute atomic E-state index is 13.0. The fraction of sp³-hybridized carbons (Fsp3) is 0.300. The van der Waals surface area contributed by atoms with Gasteiger partial charge in [-0.15, -0.1) is 10.2 Å². The maximum atomic E-state index is 13.0. The predicted octanol–water partition coefficient (Wildman–Crippen LogP) is 6.29. The van der Waals surface area contributed by atoms with Crippen molar-refractivity contribution >= 4 is 17.7 Å². The van der Waals surface area contributed by atoms with Crippen LogP contribution in [0.1, 0.15) is 47.3 Å². The Labute approximate surface area is 222 Å². The monoisotopic (exact) mass is 516 g/mol. The van der Waals surface area contributed by atoms with Gasteiger partial charge in [0.15, 0.2) is 5.16 Å². The van der Waals surface area contributed by atoms with Gasteiger partial charge in [0.25, 0.3) is 0 Å². The van der Waals surface area contributed by atoms with Crippen molar-refractivity contribution < 1.29 is 9.18 Å². The first kappa shape index (κ1) is 26.6. The van der Waals surface area contributed by atoms with E-state index in [0.29, 0.717) is 13.0 Å². The molecule has 5 nitrogen and oxygen atoms in total. The topological polar surface area (TPSA) is 59.8 Å². The zero-order valence-electron chi connectivity index (χ0n) is 21.2. The highest BCUT2D eigenvalue weighted by Crippen LogP contribution is 2.23. The van der Waals surface area contributed by atoms with E-state index in [1.54, 1.807) is 23.9 Å². The first-order valence-corrected chi connectivity index (χ1v) is 13.7. The molecular formula is C30H33FN4OS. The Morgan fingerprint density at radius 1 is 0.865 bits per heavy atom. The lowest BCUT2D eigenvalue weighted by atomic mass is 10.1. The number of aromatic nitrogens is 3. The van der Waals surface area contributed by atoms with Crippen LogP contribution in [-0.4, -0.2) is 20.7 Å². The highest BCUT2D eigenvalue weighted by molar-refractivity contribution is 7.98. The van der Waals surface area contributed by atoms with E-state index in [4.69, 9.17) is 0 Å². The molecule has 0 radical (unpaired) electrons. The van der Waals surface area contributed by atoms with E-state index in [1.165, 1.54) is 28.8 Å². The molecule has 37 heavy (non-hydrogen) atoms. The van der Waals surface area contributed by atoms with Crippen LogP contribution in [0.15, 0.2) is 84.0 Å². The number of aryl methyl sites for hydroxylation is 3. The molecule has 1 aromatic heterocycles. The number of carbonyl (C=O) groups is 1. The SMILES string of the molecule is Cc1ccc(CSc2nnc(CCCCC(=O)NCc3ccc(F)cc3)n2CCc2ccccc2)cc1. The molecule has 4 aromatic rings. The van der Waals surface area contributed by atoms with Gasteiger partial charge in [0.1, 0.15) is 11.6 Å². The number of nitrogens with zero attached hydrogens (tertiary/aromatic N) is 3. The van der Waals surface area contributed by atoms with Crippen molar-refractivity contribution in [1.29, 1.82) is 0 Å². The Kier molecular flexibility index (Phi) is 9.89. The Hall–Kier alpha value is -3.45. The van der Waals surface area contributed by atoms with Gasteiger partial charge in [-0.2, -0.15) is 0 Å². The van der Waals surface area contributed by atoms with Crippen molar-refractivity contribution in [3.8, 4) is 0 Å². The van der Waals surface area contributed by atoms with Crippen LogP contribution in [-0.2, 0) is 36.5 Å². The minimum Gasteiger partial charge on any atom is -0.352 e. The number of hydrogen-bond acceptors (Lipinski definition) is 4. The normalized spacial score (nSPS) is 11.0. The standard InChI is InChI=1S/C30H33FN4OS/c1-23-11-13-26(14-12-23)22-37-30-34-33-28(35(30)20-19-24-7-3-2-4-8-24)9-5-6-10-29(36)32-21-25-15-17-27(31)18-16-25/h2-4,7-8,11-18H,5-6,9-10,19-22H2,1H3,(H,32,36). The van der Waals surface area contributed by atoms with Crippen LogP contribution in [0, 0.1) is 12.7 Å². The van der Waals surface area contributed by atoms with Crippen LogP contribution in [0.4, 0.5) is 4.39 Å². The van der Waals surface area contributed by atoms with Gasteiger partial charge in [0.2, 0.25) is 5.91 Å². The fourth-order valence-corrected chi connectivity index (χ4v) is 4.95. The van der Waals surface area contributed by atoms with E-state index in [1.807, 2.05) is 6.07 Å². The molecule has 0 aliphatic heterocycles. The van der Waals surface area contributed by atoms with E-state index in [0.717, 1.165) is 54.5 Å². The molecule has 0 spiro atoms. The zero-order chi connectivity index (χ0) is 25.9. The van der Waals surface area contributed by atoms with E-state index >= 15 is 0 Å². The second-order valence-electron chi connectivity index (χ2n) is 9.17. The van der Waals surface area contributed by atoms with Crippen molar-refractivity contribution in [3.05, 3.63) is 113 Å². The first-order chi connectivity index (χ1) is 18.1. The average molecular weight is 517 g/mol. The molecule has 0 saturated carbocycles. The maximum Gasteiger partial charge on any atom is 0.220 e. The summed E-state index contributed by atoms with van der Waals surface area (Å²) < 4.78 is 15.3. The lowest BCUT2D eigenvalue weighted by molar-refractivity contribution is -0.121. The molecule has 0 unspecified atom stereocenters. The summed E-state index contributed by atoms with van der Waals surface area (Å²) in [5.41, 5.74) is 4.69. The summed E-state index contributed by atoms with van der Waals surface area (Å²) in [7, 11) is 0. The van der Waals surface area contributed by atoms with Crippen molar-refractivity contribution in [2.24, 2.45) is 0 Å². The summed E-state index contributed by atoms with van der Waals surface area (Å²) in [5.74, 6) is 1.54. The second kappa shape index (κ2) is 13.7. The number of rotatable bonds is 13. The molecule has 1 N–H and O–H groups in total. The van der Waals surface area contributed by atoms with Crippen LogP contribution in [0.3, 0.4) is 0 Å². The van der Waals surface area contributed by atoms with Crippen LogP contribution < -0.4 is 5.32 Å². The van der Waals surface area contributed by atoms with Crippen LogP contribution in [0.5, 0.6) is 0 Å². The highest BCUT2D eigenvalue weighted by Gasteiger charge is 2.13. The molecule has 0 saturated heterocycles. The minimum absolute atomic E-state index is 0.00390. The molecule has 192 valence electrons. The van der Waals surface area contributed by atoms with Gasteiger partial charge >= 0.3 is 0 Å². The van der Waals surface area contributed by atoms with Gasteiger partial charge in [-0.25, -0.2) is 4.39 Å². The number of nitrogens with one attached hydrogen (secondary N) is 1. The van der Waals surface area contributed by atoms with Crippen LogP contribution >= 0.6 is 11.8 Å². The van der Waals surface area contributed by atoms with Crippen LogP contribution in [0.25, 0.3) is 0 Å². The summed E-state index contributed by atoms with van der Waals surface area (Å²) in [6.07, 6.45) is 3.77. The molecule has 0 aliphatic rings. The average Bonchev–Trinajstić information content (AvgIpc) is 3.31. The second-order valence-corrected chi connectivity index (χ2v) is 10.1. The summed E-state index contributed by atoms with van der Waals surface area (Å²) in [6.45, 7) is 3.33. The summed E-state index contributed by atoms with van der Waals surface area (Å²) in [5, 5.41) is 12.9. The molecular weight excluding hydrogens is 483 g/mol. The van der Waals surface area contributed by atoms with E-state index in [-0.39, 0.29) is 11.7 Å². The van der Waals surface area contributed by atoms with Crippen molar-refractivity contribution in [1.82, 2.24) is 20.1 Å². The first-order valence-electron chi connectivity index (χ1n) is 12.7. The molecule has 1 amide bonds. The molecule has 0 aliphatic carbocycles. The number of carbonyl (C=O) groups excluding carboxylic acids is 1. The highest BCUT2D eigenvalue weighted by atomic mass is 32.2. The van der Waals surface area contributed by atoms with Crippen molar-refractivity contribution in [3.63, 3.8) is 0 Å². The van der Waals surface area contributed by atoms with Gasteiger partial charge < -0.3 is 9.88 Å². The number of unbranched alkanes of at least 4 members (excludes halogenated alkanes) is 1. The Bertz CT molecular complexity index is 1260. The Balaban J connectivity index is 1.30. The van der Waals surface area contributed by atoms with E-state index < -0.39 is 0 Å². The molecule has 1 heterocycles. The molecule has 3 aromatic carbocycles. The summed E-state index contributed by atoms with van der Waals surface area (Å²) in [6, 6.07) is 25.2. The third-order valence-electron chi connectivity index (χ3n) is 6.21. The lowest BCUT2D eigenvalue weighted by Crippen LogP contribution is -2.22. The number of thioether (sulfide) groups is 1. The van der Waals surface area contributed by atoms with Gasteiger partial charge in [-0.1, -0.05) is 84.1 Å². The third kappa shape index (κ3) is 8.57. The molecule has 0 bridgehead atoms. The molecule has 4 rings (SSSR count). The summed E-state index contributed by atoms with van der Waals surface area (Å²) in [4.78, 5) is 12.2. The van der Waals surface area contributed by atoms with Crippen LogP contribution in [0.2, 0.25) is 0 Å². The number of amides is 1. The smallest absolute Gasteiger partial charge is 0.220 e. The van der Waals surface area contributed by atoms with E-state index in [9.17, 15) is 9.18 Å². The molecule has 0 atom stereocenters. The van der Waals surface area contributed by atoms with Crippen molar-refractivity contribution in [2.45, 2.75) is 63.0 Å². The van der Waals surface area contributed by atoms with Gasteiger partial charge in [0.05, 0.1) is 0 Å². The number of hydrogen-bond donors (Lipinski definition) is 1. The summed E-state index contributed by atoms with van der Waals surface area (Å²) >= 11 is 1.71. The lowest BCUT2D eigenvalue weighted by Gasteiger charge is -2.11. The Morgan fingerprint density at radius 3 is 2.35 bits per heavy atom. The van der Waals surface area contributed by atoms with Gasteiger partial charge in [0, 0.05) is 31.7 Å². The van der Waals surface area contributed by atoms with E-state index in [2.05, 4.69) is 75.5 Å². The van der Waals surface area contributed by atoms with Gasteiger partial charge in [-0.05, 0) is 55.0 Å². The number of halogens is 1. The predicted molar refractivity (Wildman–Crippen MR) is 147 cm³/mol.